The first kappa shape index (κ1) is 10.7. The standard InChI is InChI=1S/C12H9Br2N/c13-9-3-1-8(2-4-9)11-6-5-10(15)7-12(11)14/h1-7H,15H2. The molecule has 1 nitrogen and oxygen atoms in total. The van der Waals surface area contributed by atoms with E-state index in [1.54, 1.807) is 0 Å². The highest BCUT2D eigenvalue weighted by Crippen LogP contribution is 2.30. The Labute approximate surface area is 106 Å². The van der Waals surface area contributed by atoms with Crippen LogP contribution in [0.2, 0.25) is 0 Å². The maximum absolute atomic E-state index is 5.69. The summed E-state index contributed by atoms with van der Waals surface area (Å²) in [5.74, 6) is 0. The van der Waals surface area contributed by atoms with Gasteiger partial charge in [-0.3, -0.25) is 0 Å². The van der Waals surface area contributed by atoms with Crippen LogP contribution < -0.4 is 5.73 Å². The van der Waals surface area contributed by atoms with Crippen molar-refractivity contribution in [1.29, 1.82) is 0 Å². The number of anilines is 1. The van der Waals surface area contributed by atoms with Gasteiger partial charge in [0.05, 0.1) is 0 Å². The first-order valence-electron chi connectivity index (χ1n) is 4.48. The molecule has 0 aromatic heterocycles. The normalized spacial score (nSPS) is 10.3. The second-order valence-electron chi connectivity index (χ2n) is 3.25. The Morgan fingerprint density at radius 2 is 1.53 bits per heavy atom. The molecule has 0 aliphatic carbocycles. The molecule has 0 heterocycles. The summed E-state index contributed by atoms with van der Waals surface area (Å²) >= 11 is 6.93. The van der Waals surface area contributed by atoms with E-state index in [0.29, 0.717) is 0 Å². The molecule has 2 rings (SSSR count). The smallest absolute Gasteiger partial charge is 0.0325 e. The molecule has 2 aromatic rings. The Hall–Kier alpha value is -0.800. The Kier molecular flexibility index (Phi) is 3.12. The van der Waals surface area contributed by atoms with Crippen LogP contribution >= 0.6 is 31.9 Å². The lowest BCUT2D eigenvalue weighted by Gasteiger charge is -2.05. The maximum atomic E-state index is 5.69. The second kappa shape index (κ2) is 4.37. The molecular weight excluding hydrogens is 318 g/mol. The zero-order chi connectivity index (χ0) is 10.8. The molecular formula is C12H9Br2N. The van der Waals surface area contributed by atoms with Gasteiger partial charge in [0.25, 0.3) is 0 Å². The summed E-state index contributed by atoms with van der Waals surface area (Å²) in [4.78, 5) is 0. The molecule has 0 saturated heterocycles. The summed E-state index contributed by atoms with van der Waals surface area (Å²) in [5.41, 5.74) is 8.78. The number of rotatable bonds is 1. The molecule has 0 fully saturated rings. The highest BCUT2D eigenvalue weighted by Gasteiger charge is 2.02. The molecule has 0 bridgehead atoms. The lowest BCUT2D eigenvalue weighted by Crippen LogP contribution is -1.86. The minimum absolute atomic E-state index is 0.766. The molecule has 2 aromatic carbocycles. The van der Waals surface area contributed by atoms with Crippen LogP contribution in [0.1, 0.15) is 0 Å². The number of halogens is 2. The van der Waals surface area contributed by atoms with Gasteiger partial charge in [0.2, 0.25) is 0 Å². The van der Waals surface area contributed by atoms with Crippen molar-refractivity contribution in [3.8, 4) is 11.1 Å². The molecule has 0 spiro atoms. The van der Waals surface area contributed by atoms with Gasteiger partial charge in [-0.25, -0.2) is 0 Å². The lowest BCUT2D eigenvalue weighted by molar-refractivity contribution is 1.56. The average Bonchev–Trinajstić information content (AvgIpc) is 2.20. The molecule has 0 saturated carbocycles. The van der Waals surface area contributed by atoms with Crippen LogP contribution in [0.4, 0.5) is 5.69 Å². The van der Waals surface area contributed by atoms with Crippen molar-refractivity contribution >= 4 is 37.5 Å². The van der Waals surface area contributed by atoms with Crippen molar-refractivity contribution in [3.63, 3.8) is 0 Å². The van der Waals surface area contributed by atoms with E-state index in [1.807, 2.05) is 30.3 Å². The van der Waals surface area contributed by atoms with Gasteiger partial charge < -0.3 is 5.73 Å². The van der Waals surface area contributed by atoms with Crippen LogP contribution in [0.5, 0.6) is 0 Å². The van der Waals surface area contributed by atoms with E-state index in [0.717, 1.165) is 20.2 Å². The first-order chi connectivity index (χ1) is 7.16. The Balaban J connectivity index is 2.49. The van der Waals surface area contributed by atoms with E-state index < -0.39 is 0 Å². The topological polar surface area (TPSA) is 26.0 Å². The first-order valence-corrected chi connectivity index (χ1v) is 6.06. The second-order valence-corrected chi connectivity index (χ2v) is 5.02. The minimum Gasteiger partial charge on any atom is -0.399 e. The number of nitrogen functional groups attached to an aromatic ring is 1. The monoisotopic (exact) mass is 325 g/mol. The maximum Gasteiger partial charge on any atom is 0.0325 e. The van der Waals surface area contributed by atoms with Gasteiger partial charge in [-0.2, -0.15) is 0 Å². The van der Waals surface area contributed by atoms with Crippen LogP contribution in [0.3, 0.4) is 0 Å². The minimum atomic E-state index is 0.766. The lowest BCUT2D eigenvalue weighted by atomic mass is 10.1. The number of hydrogen-bond acceptors (Lipinski definition) is 1. The predicted octanol–water partition coefficient (Wildman–Crippen LogP) is 4.46. The van der Waals surface area contributed by atoms with Crippen molar-refractivity contribution in [2.24, 2.45) is 0 Å². The van der Waals surface area contributed by atoms with Crippen LogP contribution in [-0.4, -0.2) is 0 Å². The van der Waals surface area contributed by atoms with Crippen LogP contribution in [0.15, 0.2) is 51.4 Å². The molecule has 15 heavy (non-hydrogen) atoms. The van der Waals surface area contributed by atoms with Gasteiger partial charge >= 0.3 is 0 Å². The summed E-state index contributed by atoms with van der Waals surface area (Å²) in [7, 11) is 0. The van der Waals surface area contributed by atoms with Gasteiger partial charge in [0.15, 0.2) is 0 Å². The fraction of sp³-hybridized carbons (Fsp3) is 0. The molecule has 0 aliphatic rings. The highest BCUT2D eigenvalue weighted by atomic mass is 79.9. The average molecular weight is 327 g/mol. The van der Waals surface area contributed by atoms with Crippen LogP contribution in [-0.2, 0) is 0 Å². The van der Waals surface area contributed by atoms with E-state index >= 15 is 0 Å². The van der Waals surface area contributed by atoms with Gasteiger partial charge in [-0.1, -0.05) is 50.1 Å². The van der Waals surface area contributed by atoms with E-state index in [-0.39, 0.29) is 0 Å². The molecule has 2 N–H and O–H groups in total. The summed E-state index contributed by atoms with van der Waals surface area (Å²) in [6.07, 6.45) is 0. The summed E-state index contributed by atoms with van der Waals surface area (Å²) in [6, 6.07) is 14.0. The fourth-order valence-corrected chi connectivity index (χ4v) is 2.28. The van der Waals surface area contributed by atoms with E-state index in [9.17, 15) is 0 Å². The molecule has 0 radical (unpaired) electrons. The van der Waals surface area contributed by atoms with Crippen molar-refractivity contribution in [2.75, 3.05) is 5.73 Å². The molecule has 76 valence electrons. The van der Waals surface area contributed by atoms with E-state index in [4.69, 9.17) is 5.73 Å². The van der Waals surface area contributed by atoms with Crippen LogP contribution in [0, 0.1) is 0 Å². The van der Waals surface area contributed by atoms with E-state index in [1.165, 1.54) is 5.56 Å². The summed E-state index contributed by atoms with van der Waals surface area (Å²) in [6.45, 7) is 0. The SMILES string of the molecule is Nc1ccc(-c2ccc(Br)cc2)c(Br)c1. The van der Waals surface area contributed by atoms with Crippen molar-refractivity contribution < 1.29 is 0 Å². The van der Waals surface area contributed by atoms with Gasteiger partial charge in [0, 0.05) is 14.6 Å². The quantitative estimate of drug-likeness (QED) is 0.769. The number of hydrogen-bond donors (Lipinski definition) is 1. The largest absolute Gasteiger partial charge is 0.399 e. The van der Waals surface area contributed by atoms with Gasteiger partial charge in [-0.15, -0.1) is 0 Å². The third-order valence-corrected chi connectivity index (χ3v) is 3.33. The van der Waals surface area contributed by atoms with Crippen molar-refractivity contribution in [2.45, 2.75) is 0 Å². The van der Waals surface area contributed by atoms with Crippen LogP contribution in [0.25, 0.3) is 11.1 Å². The molecule has 3 heteroatoms. The summed E-state index contributed by atoms with van der Waals surface area (Å²) < 4.78 is 2.10. The Bertz CT molecular complexity index is 477. The fourth-order valence-electron chi connectivity index (χ4n) is 1.39. The van der Waals surface area contributed by atoms with Gasteiger partial charge in [0.1, 0.15) is 0 Å². The Morgan fingerprint density at radius 1 is 0.867 bits per heavy atom. The number of benzene rings is 2. The zero-order valence-electron chi connectivity index (χ0n) is 7.87. The Morgan fingerprint density at radius 3 is 2.13 bits per heavy atom. The van der Waals surface area contributed by atoms with Gasteiger partial charge in [-0.05, 0) is 35.4 Å². The third kappa shape index (κ3) is 2.41. The predicted molar refractivity (Wildman–Crippen MR) is 71.7 cm³/mol. The van der Waals surface area contributed by atoms with E-state index in [2.05, 4.69) is 44.0 Å². The zero-order valence-corrected chi connectivity index (χ0v) is 11.0. The third-order valence-electron chi connectivity index (χ3n) is 2.15. The van der Waals surface area contributed by atoms with Crippen molar-refractivity contribution in [1.82, 2.24) is 0 Å². The highest BCUT2D eigenvalue weighted by molar-refractivity contribution is 9.10. The number of nitrogens with two attached hydrogens (primary N) is 1. The molecule has 0 aliphatic heterocycles. The molecule has 0 unspecified atom stereocenters. The molecule has 0 atom stereocenters. The van der Waals surface area contributed by atoms with Crippen molar-refractivity contribution in [3.05, 3.63) is 51.4 Å². The molecule has 0 amide bonds. The summed E-state index contributed by atoms with van der Waals surface area (Å²) in [5, 5.41) is 0.